The van der Waals surface area contributed by atoms with Crippen LogP contribution >= 0.6 is 0 Å². The lowest BCUT2D eigenvalue weighted by Crippen LogP contribution is -2.13. The highest BCUT2D eigenvalue weighted by molar-refractivity contribution is 5.66. The monoisotopic (exact) mass is 340 g/mol. The van der Waals surface area contributed by atoms with Crippen LogP contribution in [0.5, 0.6) is 17.2 Å². The molecule has 2 aromatic carbocycles. The highest BCUT2D eigenvalue weighted by atomic mass is 16.5. The van der Waals surface area contributed by atoms with Crippen molar-refractivity contribution < 1.29 is 14.2 Å². The maximum atomic E-state index is 6.26. The Morgan fingerprint density at radius 3 is 2.16 bits per heavy atom. The third kappa shape index (κ3) is 3.27. The molecule has 1 unspecified atom stereocenters. The molecule has 25 heavy (non-hydrogen) atoms. The van der Waals surface area contributed by atoms with Gasteiger partial charge in [0.15, 0.2) is 17.3 Å². The molecule has 0 aliphatic carbocycles. The van der Waals surface area contributed by atoms with Gasteiger partial charge in [0.2, 0.25) is 5.75 Å². The summed E-state index contributed by atoms with van der Waals surface area (Å²) in [5.41, 5.74) is 7.95. The number of nitrogens with one attached hydrogen (secondary N) is 1. The Kier molecular flexibility index (Phi) is 4.85. The van der Waals surface area contributed by atoms with Gasteiger partial charge in [0.05, 0.1) is 27.4 Å². The van der Waals surface area contributed by atoms with Crippen molar-refractivity contribution in [2.75, 3.05) is 21.3 Å². The summed E-state index contributed by atoms with van der Waals surface area (Å²) >= 11 is 0. The number of nitrogens with zero attached hydrogens (tertiary/aromatic N) is 2. The zero-order valence-electron chi connectivity index (χ0n) is 14.3. The molecule has 1 heterocycles. The lowest BCUT2D eigenvalue weighted by Gasteiger charge is -2.13. The van der Waals surface area contributed by atoms with Crippen molar-refractivity contribution in [3.63, 3.8) is 0 Å². The van der Waals surface area contributed by atoms with Crippen LogP contribution in [0.2, 0.25) is 0 Å². The summed E-state index contributed by atoms with van der Waals surface area (Å²) in [6, 6.07) is 12.9. The van der Waals surface area contributed by atoms with Gasteiger partial charge in [-0.3, -0.25) is 5.10 Å². The Bertz CT molecular complexity index is 824. The number of aromatic nitrogens is 3. The Morgan fingerprint density at radius 1 is 0.960 bits per heavy atom. The molecule has 0 saturated carbocycles. The first-order valence-corrected chi connectivity index (χ1v) is 7.71. The van der Waals surface area contributed by atoms with E-state index in [1.807, 2.05) is 30.3 Å². The van der Waals surface area contributed by atoms with Crippen LogP contribution in [-0.2, 0) is 0 Å². The number of ether oxygens (including phenoxy) is 3. The summed E-state index contributed by atoms with van der Waals surface area (Å²) in [6.45, 7) is 0. The van der Waals surface area contributed by atoms with E-state index in [1.165, 1.54) is 0 Å². The molecule has 3 rings (SSSR count). The van der Waals surface area contributed by atoms with Crippen LogP contribution in [0.4, 0.5) is 0 Å². The first kappa shape index (κ1) is 16.8. The maximum Gasteiger partial charge on any atom is 0.203 e. The van der Waals surface area contributed by atoms with Gasteiger partial charge in [-0.1, -0.05) is 30.3 Å². The topological polar surface area (TPSA) is 95.3 Å². The quantitative estimate of drug-likeness (QED) is 0.716. The van der Waals surface area contributed by atoms with Crippen molar-refractivity contribution in [1.82, 2.24) is 15.2 Å². The van der Waals surface area contributed by atoms with E-state index in [1.54, 1.807) is 33.5 Å². The normalized spacial score (nSPS) is 11.8. The van der Waals surface area contributed by atoms with Crippen molar-refractivity contribution in [3.05, 3.63) is 53.9 Å². The molecule has 1 aromatic heterocycles. The third-order valence-electron chi connectivity index (χ3n) is 3.88. The second kappa shape index (κ2) is 7.23. The molecule has 0 saturated heterocycles. The predicted octanol–water partition coefficient (Wildman–Crippen LogP) is 2.55. The molecule has 7 nitrogen and oxygen atoms in total. The number of methoxy groups -OCH3 is 3. The first-order valence-electron chi connectivity index (χ1n) is 7.71. The fourth-order valence-electron chi connectivity index (χ4n) is 2.57. The van der Waals surface area contributed by atoms with Crippen molar-refractivity contribution in [1.29, 1.82) is 0 Å². The number of hydrogen-bond acceptors (Lipinski definition) is 6. The zero-order chi connectivity index (χ0) is 17.8. The molecule has 130 valence electrons. The van der Waals surface area contributed by atoms with Crippen LogP contribution in [0.3, 0.4) is 0 Å². The minimum Gasteiger partial charge on any atom is -0.493 e. The average molecular weight is 340 g/mol. The van der Waals surface area contributed by atoms with Crippen LogP contribution in [0.25, 0.3) is 11.4 Å². The van der Waals surface area contributed by atoms with E-state index in [9.17, 15) is 0 Å². The predicted molar refractivity (Wildman–Crippen MR) is 93.9 cm³/mol. The van der Waals surface area contributed by atoms with Gasteiger partial charge >= 0.3 is 0 Å². The molecule has 0 amide bonds. The van der Waals surface area contributed by atoms with Gasteiger partial charge in [-0.15, -0.1) is 0 Å². The second-order valence-corrected chi connectivity index (χ2v) is 5.35. The second-order valence-electron chi connectivity index (χ2n) is 5.35. The van der Waals surface area contributed by atoms with Crippen LogP contribution in [-0.4, -0.2) is 36.5 Å². The summed E-state index contributed by atoms with van der Waals surface area (Å²) in [5, 5.41) is 7.18. The van der Waals surface area contributed by atoms with Gasteiger partial charge in [-0.05, 0) is 17.7 Å². The number of rotatable bonds is 6. The Hall–Kier alpha value is -3.06. The SMILES string of the molecule is COc1cc(-c2n[nH]c(C(N)c3ccccc3)n2)cc(OC)c1OC. The smallest absolute Gasteiger partial charge is 0.203 e. The highest BCUT2D eigenvalue weighted by Gasteiger charge is 2.18. The Balaban J connectivity index is 1.97. The van der Waals surface area contributed by atoms with Crippen molar-refractivity contribution in [2.45, 2.75) is 6.04 Å². The molecular formula is C18H20N4O3. The molecule has 0 aliphatic heterocycles. The molecule has 0 spiro atoms. The van der Waals surface area contributed by atoms with E-state index < -0.39 is 0 Å². The van der Waals surface area contributed by atoms with Crippen molar-refractivity contribution in [3.8, 4) is 28.6 Å². The Morgan fingerprint density at radius 2 is 1.60 bits per heavy atom. The molecule has 3 aromatic rings. The van der Waals surface area contributed by atoms with Gasteiger partial charge < -0.3 is 19.9 Å². The average Bonchev–Trinajstić information content (AvgIpc) is 3.17. The van der Waals surface area contributed by atoms with Crippen molar-refractivity contribution >= 4 is 0 Å². The number of hydrogen-bond donors (Lipinski definition) is 2. The van der Waals surface area contributed by atoms with Crippen molar-refractivity contribution in [2.24, 2.45) is 5.73 Å². The van der Waals surface area contributed by atoms with Crippen LogP contribution < -0.4 is 19.9 Å². The third-order valence-corrected chi connectivity index (χ3v) is 3.88. The molecule has 0 aliphatic rings. The lowest BCUT2D eigenvalue weighted by atomic mass is 10.1. The summed E-state index contributed by atoms with van der Waals surface area (Å²) < 4.78 is 16.1. The van der Waals surface area contributed by atoms with Gasteiger partial charge in [0.25, 0.3) is 0 Å². The molecule has 7 heteroatoms. The minimum atomic E-state index is -0.385. The Labute approximate surface area is 145 Å². The number of H-pyrrole nitrogens is 1. The van der Waals surface area contributed by atoms with Gasteiger partial charge in [0, 0.05) is 5.56 Å². The standard InChI is InChI=1S/C18H20N4O3/c1-23-13-9-12(10-14(24-2)16(13)25-3)17-20-18(22-21-17)15(19)11-7-5-4-6-8-11/h4-10,15H,19H2,1-3H3,(H,20,21,22). The minimum absolute atomic E-state index is 0.385. The molecule has 0 radical (unpaired) electrons. The van der Waals surface area contributed by atoms with Gasteiger partial charge in [0.1, 0.15) is 5.82 Å². The van der Waals surface area contributed by atoms with E-state index in [2.05, 4.69) is 15.2 Å². The summed E-state index contributed by atoms with van der Waals surface area (Å²) in [6.07, 6.45) is 0. The summed E-state index contributed by atoms with van der Waals surface area (Å²) in [7, 11) is 4.69. The van der Waals surface area contributed by atoms with E-state index in [4.69, 9.17) is 19.9 Å². The van der Waals surface area contributed by atoms with E-state index in [0.717, 1.165) is 11.1 Å². The van der Waals surface area contributed by atoms with Crippen LogP contribution in [0, 0.1) is 0 Å². The van der Waals surface area contributed by atoms with E-state index >= 15 is 0 Å². The first-order chi connectivity index (χ1) is 12.2. The van der Waals surface area contributed by atoms with E-state index in [0.29, 0.717) is 28.9 Å². The number of nitrogens with two attached hydrogens (primary N) is 1. The summed E-state index contributed by atoms with van der Waals surface area (Å²) in [4.78, 5) is 4.52. The van der Waals surface area contributed by atoms with Crippen LogP contribution in [0.1, 0.15) is 17.4 Å². The zero-order valence-corrected chi connectivity index (χ0v) is 14.3. The molecular weight excluding hydrogens is 320 g/mol. The molecule has 0 bridgehead atoms. The molecule has 0 fully saturated rings. The van der Waals surface area contributed by atoms with E-state index in [-0.39, 0.29) is 6.04 Å². The lowest BCUT2D eigenvalue weighted by molar-refractivity contribution is 0.324. The van der Waals surface area contributed by atoms with Gasteiger partial charge in [-0.2, -0.15) is 5.10 Å². The maximum absolute atomic E-state index is 6.26. The highest BCUT2D eigenvalue weighted by Crippen LogP contribution is 2.40. The number of benzene rings is 2. The van der Waals surface area contributed by atoms with Gasteiger partial charge in [-0.25, -0.2) is 4.98 Å². The fourth-order valence-corrected chi connectivity index (χ4v) is 2.57. The van der Waals surface area contributed by atoms with Crippen LogP contribution in [0.15, 0.2) is 42.5 Å². The number of aromatic amines is 1. The largest absolute Gasteiger partial charge is 0.493 e. The fraction of sp³-hybridized carbons (Fsp3) is 0.222. The molecule has 1 atom stereocenters. The summed E-state index contributed by atoms with van der Waals surface area (Å²) in [5.74, 6) is 2.67. The molecule has 3 N–H and O–H groups in total.